The standard InChI is InChI=1S/C15H15ClF3N5O/c16-12-4-3-9(6-11(12)15(17,18)19)22-14-23-13(8-21-24-14)20-7-10-2-1-5-25-10/h3-4,6,8,10H,1-2,5,7H2,(H2,20,22,23,24). The summed E-state index contributed by atoms with van der Waals surface area (Å²) in [5.41, 5.74) is -0.769. The second-order valence-corrected chi connectivity index (χ2v) is 5.91. The number of rotatable bonds is 5. The third-order valence-electron chi connectivity index (χ3n) is 3.62. The molecule has 1 atom stereocenters. The molecule has 134 valence electrons. The molecule has 25 heavy (non-hydrogen) atoms. The molecule has 1 saturated heterocycles. The van der Waals surface area contributed by atoms with Crippen molar-refractivity contribution in [2.75, 3.05) is 23.8 Å². The molecule has 0 amide bonds. The van der Waals surface area contributed by atoms with Crippen molar-refractivity contribution < 1.29 is 17.9 Å². The number of anilines is 3. The molecule has 0 spiro atoms. The first kappa shape index (κ1) is 17.7. The second kappa shape index (κ2) is 7.40. The quantitative estimate of drug-likeness (QED) is 0.828. The largest absolute Gasteiger partial charge is 0.417 e. The monoisotopic (exact) mass is 373 g/mol. The number of hydrogen-bond donors (Lipinski definition) is 2. The van der Waals surface area contributed by atoms with E-state index in [1.165, 1.54) is 18.3 Å². The Bertz CT molecular complexity index is 737. The zero-order valence-electron chi connectivity index (χ0n) is 13.0. The van der Waals surface area contributed by atoms with E-state index in [0.717, 1.165) is 25.5 Å². The SMILES string of the molecule is FC(F)(F)c1cc(Nc2nncc(NCC3CCCO3)n2)ccc1Cl. The van der Waals surface area contributed by atoms with Gasteiger partial charge in [-0.15, -0.1) is 5.10 Å². The van der Waals surface area contributed by atoms with Crippen molar-refractivity contribution in [1.82, 2.24) is 15.2 Å². The van der Waals surface area contributed by atoms with Gasteiger partial charge >= 0.3 is 6.18 Å². The maximum Gasteiger partial charge on any atom is 0.417 e. The molecule has 0 aliphatic carbocycles. The Morgan fingerprint density at radius 1 is 1.32 bits per heavy atom. The van der Waals surface area contributed by atoms with Crippen molar-refractivity contribution in [3.63, 3.8) is 0 Å². The Morgan fingerprint density at radius 3 is 2.88 bits per heavy atom. The van der Waals surface area contributed by atoms with E-state index in [9.17, 15) is 13.2 Å². The van der Waals surface area contributed by atoms with E-state index < -0.39 is 11.7 Å². The van der Waals surface area contributed by atoms with Crippen molar-refractivity contribution in [2.45, 2.75) is 25.1 Å². The molecule has 2 N–H and O–H groups in total. The molecule has 6 nitrogen and oxygen atoms in total. The minimum atomic E-state index is -4.54. The van der Waals surface area contributed by atoms with Gasteiger partial charge < -0.3 is 15.4 Å². The first-order chi connectivity index (χ1) is 11.9. The summed E-state index contributed by atoms with van der Waals surface area (Å²) < 4.78 is 44.2. The molecule has 1 fully saturated rings. The van der Waals surface area contributed by atoms with Crippen LogP contribution in [-0.2, 0) is 10.9 Å². The molecule has 3 rings (SSSR count). The number of ether oxygens (including phenoxy) is 1. The third kappa shape index (κ3) is 4.70. The van der Waals surface area contributed by atoms with Gasteiger partial charge in [0.15, 0.2) is 5.82 Å². The number of halogens is 4. The predicted molar refractivity (Wildman–Crippen MR) is 87.0 cm³/mol. The lowest BCUT2D eigenvalue weighted by atomic mass is 10.2. The highest BCUT2D eigenvalue weighted by Crippen LogP contribution is 2.36. The first-order valence-electron chi connectivity index (χ1n) is 7.61. The summed E-state index contributed by atoms with van der Waals surface area (Å²) in [7, 11) is 0. The Hall–Kier alpha value is -2.13. The lowest BCUT2D eigenvalue weighted by molar-refractivity contribution is -0.137. The summed E-state index contributed by atoms with van der Waals surface area (Å²) >= 11 is 5.60. The first-order valence-corrected chi connectivity index (χ1v) is 7.98. The smallest absolute Gasteiger partial charge is 0.376 e. The Kier molecular flexibility index (Phi) is 5.24. The molecule has 1 aliphatic heterocycles. The highest BCUT2D eigenvalue weighted by atomic mass is 35.5. The topological polar surface area (TPSA) is 72.0 Å². The van der Waals surface area contributed by atoms with E-state index in [-0.39, 0.29) is 22.8 Å². The molecule has 1 aromatic heterocycles. The van der Waals surface area contributed by atoms with Gasteiger partial charge in [-0.2, -0.15) is 23.3 Å². The maximum atomic E-state index is 12.9. The second-order valence-electron chi connectivity index (χ2n) is 5.50. The van der Waals surface area contributed by atoms with Crippen LogP contribution in [0.3, 0.4) is 0 Å². The van der Waals surface area contributed by atoms with Crippen LogP contribution in [0.5, 0.6) is 0 Å². The van der Waals surface area contributed by atoms with E-state index in [4.69, 9.17) is 16.3 Å². The van der Waals surface area contributed by atoms with Crippen LogP contribution in [0.4, 0.5) is 30.6 Å². The van der Waals surface area contributed by atoms with Gasteiger partial charge in [-0.25, -0.2) is 0 Å². The lowest BCUT2D eigenvalue weighted by Crippen LogP contribution is -2.19. The fourth-order valence-electron chi connectivity index (χ4n) is 2.41. The molecule has 0 radical (unpaired) electrons. The zero-order valence-corrected chi connectivity index (χ0v) is 13.7. The Balaban J connectivity index is 1.69. The molecule has 0 bridgehead atoms. The molecule has 1 aliphatic rings. The van der Waals surface area contributed by atoms with Gasteiger partial charge in [-0.05, 0) is 31.0 Å². The summed E-state index contributed by atoms with van der Waals surface area (Å²) in [6.45, 7) is 1.33. The summed E-state index contributed by atoms with van der Waals surface area (Å²) in [6, 6.07) is 3.48. The molecular weight excluding hydrogens is 359 g/mol. The third-order valence-corrected chi connectivity index (χ3v) is 3.95. The number of nitrogens with one attached hydrogen (secondary N) is 2. The van der Waals surface area contributed by atoms with Gasteiger partial charge in [0.1, 0.15) is 0 Å². The average molecular weight is 374 g/mol. The Morgan fingerprint density at radius 2 is 2.16 bits per heavy atom. The molecule has 2 heterocycles. The van der Waals surface area contributed by atoms with Gasteiger partial charge in [0.2, 0.25) is 5.95 Å². The molecule has 0 saturated carbocycles. The average Bonchev–Trinajstić information content (AvgIpc) is 3.08. The Labute approximate surface area is 146 Å². The van der Waals surface area contributed by atoms with Crippen LogP contribution in [0.1, 0.15) is 18.4 Å². The zero-order chi connectivity index (χ0) is 17.9. The minimum absolute atomic E-state index is 0.0767. The number of alkyl halides is 3. The van der Waals surface area contributed by atoms with E-state index in [1.54, 1.807) is 0 Å². The van der Waals surface area contributed by atoms with Gasteiger partial charge in [0, 0.05) is 18.8 Å². The molecular formula is C15H15ClF3N5O. The fraction of sp³-hybridized carbons (Fsp3) is 0.400. The molecule has 2 aromatic rings. The number of hydrogen-bond acceptors (Lipinski definition) is 6. The van der Waals surface area contributed by atoms with Crippen LogP contribution in [-0.4, -0.2) is 34.4 Å². The number of aromatic nitrogens is 3. The highest BCUT2D eigenvalue weighted by Gasteiger charge is 2.33. The minimum Gasteiger partial charge on any atom is -0.376 e. The number of nitrogens with zero attached hydrogens (tertiary/aromatic N) is 3. The summed E-state index contributed by atoms with van der Waals surface area (Å²) in [4.78, 5) is 4.18. The van der Waals surface area contributed by atoms with E-state index in [0.29, 0.717) is 12.4 Å². The van der Waals surface area contributed by atoms with Crippen LogP contribution in [0, 0.1) is 0 Å². The van der Waals surface area contributed by atoms with Crippen LogP contribution in [0.2, 0.25) is 5.02 Å². The normalized spacial score (nSPS) is 17.5. The predicted octanol–water partition coefficient (Wildman–Crippen LogP) is 3.88. The van der Waals surface area contributed by atoms with Gasteiger partial charge in [-0.3, -0.25) is 0 Å². The van der Waals surface area contributed by atoms with Crippen LogP contribution in [0.15, 0.2) is 24.4 Å². The maximum absolute atomic E-state index is 12.9. The lowest BCUT2D eigenvalue weighted by Gasteiger charge is -2.13. The van der Waals surface area contributed by atoms with E-state index >= 15 is 0 Å². The number of benzene rings is 1. The summed E-state index contributed by atoms with van der Waals surface area (Å²) in [6.07, 6.45) is -0.986. The van der Waals surface area contributed by atoms with Crippen molar-refractivity contribution in [2.24, 2.45) is 0 Å². The van der Waals surface area contributed by atoms with Crippen LogP contribution in [0.25, 0.3) is 0 Å². The van der Waals surface area contributed by atoms with Crippen molar-refractivity contribution in [3.8, 4) is 0 Å². The molecule has 1 aromatic carbocycles. The van der Waals surface area contributed by atoms with Crippen LogP contribution < -0.4 is 10.6 Å². The van der Waals surface area contributed by atoms with E-state index in [2.05, 4.69) is 25.8 Å². The van der Waals surface area contributed by atoms with E-state index in [1.807, 2.05) is 0 Å². The van der Waals surface area contributed by atoms with Gasteiger partial charge in [0.25, 0.3) is 0 Å². The summed E-state index contributed by atoms with van der Waals surface area (Å²) in [5.74, 6) is 0.533. The van der Waals surface area contributed by atoms with Crippen molar-refractivity contribution in [3.05, 3.63) is 35.0 Å². The molecule has 10 heteroatoms. The van der Waals surface area contributed by atoms with Gasteiger partial charge in [0.05, 0.1) is 22.9 Å². The summed E-state index contributed by atoms with van der Waals surface area (Å²) in [5, 5.41) is 13.0. The van der Waals surface area contributed by atoms with Crippen molar-refractivity contribution >= 4 is 29.1 Å². The van der Waals surface area contributed by atoms with Crippen molar-refractivity contribution in [1.29, 1.82) is 0 Å². The molecule has 1 unspecified atom stereocenters. The highest BCUT2D eigenvalue weighted by molar-refractivity contribution is 6.31. The fourth-order valence-corrected chi connectivity index (χ4v) is 2.64. The van der Waals surface area contributed by atoms with Gasteiger partial charge in [-0.1, -0.05) is 11.6 Å². The van der Waals surface area contributed by atoms with Crippen LogP contribution >= 0.6 is 11.6 Å².